The molecule has 0 atom stereocenters. The SMILES string of the molecule is NC(=S)CC(=S)N(c1c(F)c(F)c(F)c(F)c1F)c1c(F)c(F)c(F)c(F)c1F. The molecule has 0 radical (unpaired) electrons. The van der Waals surface area contributed by atoms with E-state index in [1.807, 2.05) is 0 Å². The zero-order valence-corrected chi connectivity index (χ0v) is 15.0. The van der Waals surface area contributed by atoms with Gasteiger partial charge in [-0.1, -0.05) is 24.4 Å². The van der Waals surface area contributed by atoms with E-state index in [2.05, 4.69) is 24.4 Å². The largest absolute Gasteiger partial charge is 0.393 e. The minimum Gasteiger partial charge on any atom is -0.393 e. The van der Waals surface area contributed by atoms with E-state index in [1.165, 1.54) is 0 Å². The zero-order valence-electron chi connectivity index (χ0n) is 13.3. The van der Waals surface area contributed by atoms with Crippen LogP contribution in [0.4, 0.5) is 55.3 Å². The first-order chi connectivity index (χ1) is 13.3. The van der Waals surface area contributed by atoms with E-state index in [0.717, 1.165) is 0 Å². The van der Waals surface area contributed by atoms with Crippen molar-refractivity contribution in [3.8, 4) is 0 Å². The highest BCUT2D eigenvalue weighted by Gasteiger charge is 2.37. The predicted octanol–water partition coefficient (Wildman–Crippen LogP) is 5.22. The summed E-state index contributed by atoms with van der Waals surface area (Å²) in [4.78, 5) is -2.25. The Morgan fingerprint density at radius 2 is 0.793 bits per heavy atom. The van der Waals surface area contributed by atoms with Crippen LogP contribution in [0, 0.1) is 58.2 Å². The van der Waals surface area contributed by atoms with Gasteiger partial charge >= 0.3 is 0 Å². The van der Waals surface area contributed by atoms with E-state index in [4.69, 9.17) is 5.73 Å². The molecule has 0 saturated heterocycles. The second kappa shape index (κ2) is 8.10. The molecule has 0 unspecified atom stereocenters. The monoisotopic (exact) mass is 466 g/mol. The molecule has 0 heterocycles. The third-order valence-corrected chi connectivity index (χ3v) is 3.87. The second-order valence-corrected chi connectivity index (χ2v) is 6.20. The van der Waals surface area contributed by atoms with Crippen LogP contribution in [0.15, 0.2) is 0 Å². The van der Waals surface area contributed by atoms with Crippen LogP contribution in [0.1, 0.15) is 6.42 Å². The molecule has 0 aliphatic heterocycles. The summed E-state index contributed by atoms with van der Waals surface area (Å²) in [6, 6.07) is 0. The van der Waals surface area contributed by atoms with Gasteiger partial charge in [-0.3, -0.25) is 4.90 Å². The molecule has 0 spiro atoms. The topological polar surface area (TPSA) is 29.3 Å². The molecule has 0 aliphatic rings. The Labute approximate surface area is 165 Å². The number of benzene rings is 2. The smallest absolute Gasteiger partial charge is 0.200 e. The number of nitrogens with two attached hydrogens (primary N) is 1. The Morgan fingerprint density at radius 1 is 0.552 bits per heavy atom. The molecule has 0 bridgehead atoms. The highest BCUT2D eigenvalue weighted by atomic mass is 32.1. The van der Waals surface area contributed by atoms with E-state index in [0.29, 0.717) is 0 Å². The third-order valence-electron chi connectivity index (χ3n) is 3.40. The summed E-state index contributed by atoms with van der Waals surface area (Å²) in [5.74, 6) is -26.2. The normalized spacial score (nSPS) is 11.0. The molecule has 2 aromatic carbocycles. The summed E-state index contributed by atoms with van der Waals surface area (Å²) in [6.07, 6.45) is -0.927. The molecule has 2 N–H and O–H groups in total. The van der Waals surface area contributed by atoms with Crippen molar-refractivity contribution in [3.63, 3.8) is 0 Å². The van der Waals surface area contributed by atoms with Gasteiger partial charge in [0.05, 0.1) is 9.98 Å². The van der Waals surface area contributed by atoms with Crippen molar-refractivity contribution in [3.05, 3.63) is 58.2 Å². The first kappa shape index (κ1) is 22.8. The van der Waals surface area contributed by atoms with Gasteiger partial charge in [-0.2, -0.15) is 0 Å². The van der Waals surface area contributed by atoms with Crippen molar-refractivity contribution in [2.75, 3.05) is 4.90 Å². The van der Waals surface area contributed by atoms with E-state index in [1.54, 1.807) is 0 Å². The van der Waals surface area contributed by atoms with Crippen LogP contribution in [0.25, 0.3) is 0 Å². The van der Waals surface area contributed by atoms with Crippen molar-refractivity contribution in [2.45, 2.75) is 6.42 Å². The van der Waals surface area contributed by atoms with Crippen LogP contribution in [-0.4, -0.2) is 9.98 Å². The second-order valence-electron chi connectivity index (χ2n) is 5.21. The number of halogens is 10. The van der Waals surface area contributed by atoms with Gasteiger partial charge in [-0.05, 0) is 0 Å². The molecule has 2 nitrogen and oxygen atoms in total. The fourth-order valence-electron chi connectivity index (χ4n) is 2.17. The van der Waals surface area contributed by atoms with E-state index < -0.39 is 90.8 Å². The zero-order chi connectivity index (χ0) is 22.4. The highest BCUT2D eigenvalue weighted by Crippen LogP contribution is 2.40. The lowest BCUT2D eigenvalue weighted by Crippen LogP contribution is -2.32. The van der Waals surface area contributed by atoms with Crippen LogP contribution in [0.3, 0.4) is 0 Å². The lowest BCUT2D eigenvalue weighted by atomic mass is 10.1. The molecule has 14 heteroatoms. The minimum atomic E-state index is -2.65. The van der Waals surface area contributed by atoms with Gasteiger partial charge in [-0.15, -0.1) is 0 Å². The summed E-state index contributed by atoms with van der Waals surface area (Å²) in [7, 11) is 0. The number of thiocarbonyl (C=S) groups is 2. The lowest BCUT2D eigenvalue weighted by Gasteiger charge is -2.27. The Balaban J connectivity index is 3.01. The molecule has 2 rings (SSSR count). The first-order valence-corrected chi connectivity index (χ1v) is 7.78. The van der Waals surface area contributed by atoms with Crippen LogP contribution < -0.4 is 10.6 Å². The molecular weight excluding hydrogens is 462 g/mol. The van der Waals surface area contributed by atoms with Crippen LogP contribution in [0.5, 0.6) is 0 Å². The van der Waals surface area contributed by atoms with Gasteiger partial charge < -0.3 is 5.73 Å². The number of anilines is 2. The average Bonchev–Trinajstić information content (AvgIpc) is 2.66. The van der Waals surface area contributed by atoms with E-state index >= 15 is 0 Å². The maximum absolute atomic E-state index is 14.2. The Kier molecular flexibility index (Phi) is 6.37. The molecule has 0 aliphatic carbocycles. The summed E-state index contributed by atoms with van der Waals surface area (Å²) in [6.45, 7) is 0. The van der Waals surface area contributed by atoms with E-state index in [-0.39, 0.29) is 0 Å². The molecule has 29 heavy (non-hydrogen) atoms. The third kappa shape index (κ3) is 3.73. The van der Waals surface area contributed by atoms with E-state index in [9.17, 15) is 43.9 Å². The van der Waals surface area contributed by atoms with Crippen molar-refractivity contribution >= 4 is 45.8 Å². The Hall–Kier alpha value is -2.48. The van der Waals surface area contributed by atoms with Crippen LogP contribution >= 0.6 is 24.4 Å². The summed E-state index contributed by atoms with van der Waals surface area (Å²) >= 11 is 9.05. The number of hydrogen-bond acceptors (Lipinski definition) is 2. The maximum Gasteiger partial charge on any atom is 0.200 e. The summed E-state index contributed by atoms with van der Waals surface area (Å²) < 4.78 is 138. The van der Waals surface area contributed by atoms with Crippen molar-refractivity contribution in [2.24, 2.45) is 5.73 Å². The summed E-state index contributed by atoms with van der Waals surface area (Å²) in [5.41, 5.74) is 0.950. The van der Waals surface area contributed by atoms with Gasteiger partial charge in [-0.25, -0.2) is 43.9 Å². The van der Waals surface area contributed by atoms with Gasteiger partial charge in [0.1, 0.15) is 11.4 Å². The molecule has 0 amide bonds. The van der Waals surface area contributed by atoms with Crippen LogP contribution in [-0.2, 0) is 0 Å². The maximum atomic E-state index is 14.2. The summed E-state index contributed by atoms with van der Waals surface area (Å²) in [5, 5.41) is 0. The first-order valence-electron chi connectivity index (χ1n) is 6.96. The molecular formula is C15H4F10N2S2. The number of rotatable bonds is 4. The van der Waals surface area contributed by atoms with Gasteiger partial charge in [0.15, 0.2) is 46.5 Å². The molecule has 0 aromatic heterocycles. The van der Waals surface area contributed by atoms with Crippen molar-refractivity contribution in [1.82, 2.24) is 0 Å². The molecule has 0 saturated carbocycles. The highest BCUT2D eigenvalue weighted by molar-refractivity contribution is 7.82. The molecule has 0 fully saturated rings. The van der Waals surface area contributed by atoms with Gasteiger partial charge in [0, 0.05) is 6.42 Å². The predicted molar refractivity (Wildman–Crippen MR) is 88.6 cm³/mol. The van der Waals surface area contributed by atoms with Gasteiger partial charge in [0.2, 0.25) is 11.6 Å². The fraction of sp³-hybridized carbons (Fsp3) is 0.0667. The quantitative estimate of drug-likeness (QED) is 0.290. The molecule has 2 aromatic rings. The number of nitrogens with zero attached hydrogens (tertiary/aromatic N) is 1. The minimum absolute atomic E-state index is 0.541. The number of hydrogen-bond donors (Lipinski definition) is 1. The van der Waals surface area contributed by atoms with Crippen molar-refractivity contribution in [1.29, 1.82) is 0 Å². The standard InChI is InChI=1S/C15H4F10N2S2/c16-4-6(18)10(22)14(11(23)7(4)19)27(3(29)1-2(26)28)15-12(24)8(20)5(17)9(21)13(15)25/h1H2,(H2,26,28). The fourth-order valence-corrected chi connectivity index (χ4v) is 2.73. The molecule has 156 valence electrons. The lowest BCUT2D eigenvalue weighted by molar-refractivity contribution is 0.375. The van der Waals surface area contributed by atoms with Gasteiger partial charge in [0.25, 0.3) is 0 Å². The van der Waals surface area contributed by atoms with Crippen LogP contribution in [0.2, 0.25) is 0 Å². The van der Waals surface area contributed by atoms with Crippen molar-refractivity contribution < 1.29 is 43.9 Å². The Bertz CT molecular complexity index is 929. The Morgan fingerprint density at radius 3 is 1.03 bits per heavy atom. The average molecular weight is 466 g/mol.